The molecule has 0 saturated carbocycles. The van der Waals surface area contributed by atoms with Gasteiger partial charge in [-0.15, -0.1) is 0 Å². The Morgan fingerprint density at radius 1 is 1.37 bits per heavy atom. The molecule has 1 aliphatic rings. The van der Waals surface area contributed by atoms with Crippen LogP contribution in [0.4, 0.5) is 4.79 Å². The second-order valence-corrected chi connectivity index (χ2v) is 5.67. The van der Waals surface area contributed by atoms with Crippen LogP contribution in [-0.2, 0) is 4.74 Å². The average molecular weight is 271 g/mol. The van der Waals surface area contributed by atoms with E-state index in [0.29, 0.717) is 12.1 Å². The summed E-state index contributed by atoms with van der Waals surface area (Å²) in [5.74, 6) is 0. The predicted octanol–water partition coefficient (Wildman–Crippen LogP) is 1.54. The third kappa shape index (κ3) is 6.25. The first-order chi connectivity index (χ1) is 9.00. The number of nitrogens with zero attached hydrogens (tertiary/aromatic N) is 2. The maximum absolute atomic E-state index is 11.8. The van der Waals surface area contributed by atoms with Crippen LogP contribution in [0, 0.1) is 0 Å². The second kappa shape index (κ2) is 8.38. The van der Waals surface area contributed by atoms with E-state index in [-0.39, 0.29) is 6.03 Å². The van der Waals surface area contributed by atoms with E-state index in [0.717, 1.165) is 45.5 Å². The van der Waals surface area contributed by atoms with Crippen molar-refractivity contribution < 1.29 is 9.53 Å². The van der Waals surface area contributed by atoms with Gasteiger partial charge >= 0.3 is 6.03 Å². The Bertz CT molecular complexity index is 261. The van der Waals surface area contributed by atoms with Crippen LogP contribution in [0.25, 0.3) is 0 Å². The number of rotatable bonds is 6. The number of urea groups is 1. The monoisotopic (exact) mass is 271 g/mol. The Morgan fingerprint density at radius 2 is 2.00 bits per heavy atom. The van der Waals surface area contributed by atoms with Crippen LogP contribution < -0.4 is 5.32 Å². The van der Waals surface area contributed by atoms with Gasteiger partial charge in [0.15, 0.2) is 0 Å². The Kier molecular flexibility index (Phi) is 7.16. The smallest absolute Gasteiger partial charge is 0.319 e. The van der Waals surface area contributed by atoms with E-state index in [4.69, 9.17) is 4.74 Å². The van der Waals surface area contributed by atoms with Gasteiger partial charge in [-0.1, -0.05) is 0 Å². The summed E-state index contributed by atoms with van der Waals surface area (Å²) in [6, 6.07) is 0.675. The topological polar surface area (TPSA) is 44.8 Å². The fraction of sp³-hybridized carbons (Fsp3) is 0.929. The summed E-state index contributed by atoms with van der Waals surface area (Å²) in [5, 5.41) is 3.55. The molecule has 0 atom stereocenters. The first-order valence-corrected chi connectivity index (χ1v) is 7.32. The molecule has 19 heavy (non-hydrogen) atoms. The SMILES string of the molecule is CC(C)OCCCNC1CCN(C(=O)N(C)C)CC1. The molecule has 5 nitrogen and oxygen atoms in total. The van der Waals surface area contributed by atoms with Crippen molar-refractivity contribution in [1.82, 2.24) is 15.1 Å². The van der Waals surface area contributed by atoms with Crippen LogP contribution in [0.1, 0.15) is 33.1 Å². The minimum absolute atomic E-state index is 0.129. The van der Waals surface area contributed by atoms with Crippen LogP contribution >= 0.6 is 0 Å². The molecule has 2 amide bonds. The van der Waals surface area contributed by atoms with E-state index in [1.807, 2.05) is 4.90 Å². The maximum Gasteiger partial charge on any atom is 0.319 e. The normalized spacial score (nSPS) is 17.0. The lowest BCUT2D eigenvalue weighted by atomic mass is 10.1. The molecule has 1 rings (SSSR count). The molecule has 0 aromatic rings. The summed E-state index contributed by atoms with van der Waals surface area (Å²) in [5.41, 5.74) is 0. The first kappa shape index (κ1) is 16.2. The van der Waals surface area contributed by atoms with E-state index in [9.17, 15) is 4.79 Å². The van der Waals surface area contributed by atoms with Gasteiger partial charge < -0.3 is 19.9 Å². The van der Waals surface area contributed by atoms with Gasteiger partial charge in [-0.05, 0) is 39.7 Å². The van der Waals surface area contributed by atoms with Crippen molar-refractivity contribution in [2.75, 3.05) is 40.3 Å². The number of carbonyl (C=O) groups excluding carboxylic acids is 1. The largest absolute Gasteiger partial charge is 0.379 e. The van der Waals surface area contributed by atoms with Crippen LogP contribution in [0.2, 0.25) is 0 Å². The van der Waals surface area contributed by atoms with E-state index in [1.165, 1.54) is 0 Å². The molecule has 1 aliphatic heterocycles. The number of hydrogen-bond donors (Lipinski definition) is 1. The highest BCUT2D eigenvalue weighted by molar-refractivity contribution is 5.73. The second-order valence-electron chi connectivity index (χ2n) is 5.67. The van der Waals surface area contributed by atoms with E-state index < -0.39 is 0 Å². The number of carbonyl (C=O) groups is 1. The fourth-order valence-electron chi connectivity index (χ4n) is 2.26. The molecule has 0 bridgehead atoms. The molecule has 1 saturated heterocycles. The van der Waals surface area contributed by atoms with Crippen LogP contribution in [0.15, 0.2) is 0 Å². The van der Waals surface area contributed by atoms with Crippen molar-refractivity contribution in [2.45, 2.75) is 45.3 Å². The van der Waals surface area contributed by atoms with Gasteiger partial charge in [0.2, 0.25) is 0 Å². The molecule has 0 aromatic carbocycles. The van der Waals surface area contributed by atoms with Crippen molar-refractivity contribution >= 4 is 6.03 Å². The summed E-state index contributed by atoms with van der Waals surface area (Å²) in [6.07, 6.45) is 3.46. The fourth-order valence-corrected chi connectivity index (χ4v) is 2.26. The highest BCUT2D eigenvalue weighted by Gasteiger charge is 2.22. The molecule has 0 radical (unpaired) electrons. The zero-order valence-corrected chi connectivity index (χ0v) is 12.8. The Hall–Kier alpha value is -0.810. The molecule has 112 valence electrons. The third-order valence-electron chi connectivity index (χ3n) is 3.35. The minimum Gasteiger partial charge on any atom is -0.379 e. The molecule has 0 unspecified atom stereocenters. The van der Waals surface area contributed by atoms with Crippen LogP contribution in [0.5, 0.6) is 0 Å². The first-order valence-electron chi connectivity index (χ1n) is 7.32. The zero-order chi connectivity index (χ0) is 14.3. The van der Waals surface area contributed by atoms with Gasteiger partial charge in [0.1, 0.15) is 0 Å². The van der Waals surface area contributed by atoms with Crippen LogP contribution in [-0.4, -0.2) is 68.3 Å². The quantitative estimate of drug-likeness (QED) is 0.745. The minimum atomic E-state index is 0.129. The van der Waals surface area contributed by atoms with Crippen molar-refractivity contribution in [2.24, 2.45) is 0 Å². The van der Waals surface area contributed by atoms with Crippen molar-refractivity contribution in [3.63, 3.8) is 0 Å². The van der Waals surface area contributed by atoms with Crippen molar-refractivity contribution in [3.05, 3.63) is 0 Å². The molecular formula is C14H29N3O2. The molecule has 0 spiro atoms. The molecule has 0 aliphatic carbocycles. The zero-order valence-electron chi connectivity index (χ0n) is 12.8. The Labute approximate surface area is 117 Å². The van der Waals surface area contributed by atoms with Gasteiger partial charge in [-0.2, -0.15) is 0 Å². The number of piperidine rings is 1. The summed E-state index contributed by atoms with van der Waals surface area (Å²) >= 11 is 0. The number of hydrogen-bond acceptors (Lipinski definition) is 3. The molecule has 1 fully saturated rings. The number of likely N-dealkylation sites (tertiary alicyclic amines) is 1. The van der Waals surface area contributed by atoms with Crippen LogP contribution in [0.3, 0.4) is 0 Å². The summed E-state index contributed by atoms with van der Waals surface area (Å²) < 4.78 is 5.51. The standard InChI is InChI=1S/C14H29N3O2/c1-12(2)19-11-5-8-15-13-6-9-17(10-7-13)14(18)16(3)4/h12-13,15H,5-11H2,1-4H3. The molecule has 0 aromatic heterocycles. The van der Waals surface area contributed by atoms with E-state index in [2.05, 4.69) is 19.2 Å². The van der Waals surface area contributed by atoms with Crippen molar-refractivity contribution in [3.8, 4) is 0 Å². The van der Waals surface area contributed by atoms with Gasteiger partial charge in [0, 0.05) is 39.8 Å². The average Bonchev–Trinajstić information content (AvgIpc) is 2.37. The van der Waals surface area contributed by atoms with Gasteiger partial charge in [-0.3, -0.25) is 0 Å². The van der Waals surface area contributed by atoms with Gasteiger partial charge in [0.05, 0.1) is 6.10 Å². The van der Waals surface area contributed by atoms with E-state index in [1.54, 1.807) is 19.0 Å². The summed E-state index contributed by atoms with van der Waals surface area (Å²) in [6.45, 7) is 7.66. The molecule has 5 heteroatoms. The number of amides is 2. The summed E-state index contributed by atoms with van der Waals surface area (Å²) in [7, 11) is 3.61. The Balaban J connectivity index is 2.08. The number of ether oxygens (including phenoxy) is 1. The highest BCUT2D eigenvalue weighted by atomic mass is 16.5. The van der Waals surface area contributed by atoms with Gasteiger partial charge in [0.25, 0.3) is 0 Å². The molecular weight excluding hydrogens is 242 g/mol. The van der Waals surface area contributed by atoms with Crippen molar-refractivity contribution in [1.29, 1.82) is 0 Å². The lowest BCUT2D eigenvalue weighted by Gasteiger charge is -2.34. The van der Waals surface area contributed by atoms with Gasteiger partial charge in [-0.25, -0.2) is 4.79 Å². The maximum atomic E-state index is 11.8. The Morgan fingerprint density at radius 3 is 2.53 bits per heavy atom. The number of nitrogens with one attached hydrogen (secondary N) is 1. The predicted molar refractivity (Wildman–Crippen MR) is 77.4 cm³/mol. The highest BCUT2D eigenvalue weighted by Crippen LogP contribution is 2.11. The summed E-state index contributed by atoms with van der Waals surface area (Å²) in [4.78, 5) is 15.4. The van der Waals surface area contributed by atoms with E-state index >= 15 is 0 Å². The lowest BCUT2D eigenvalue weighted by Crippen LogP contribution is -2.48. The lowest BCUT2D eigenvalue weighted by molar-refractivity contribution is 0.0762. The molecule has 1 N–H and O–H groups in total. The molecule has 1 heterocycles. The third-order valence-corrected chi connectivity index (χ3v) is 3.35.